The molecule has 4 aromatic rings. The van der Waals surface area contributed by atoms with Gasteiger partial charge in [0.1, 0.15) is 0 Å². The van der Waals surface area contributed by atoms with Gasteiger partial charge in [0.2, 0.25) is 23.2 Å². The van der Waals surface area contributed by atoms with Crippen LogP contribution in [0.5, 0.6) is 0 Å². The number of rotatable bonds is 5. The van der Waals surface area contributed by atoms with E-state index in [9.17, 15) is 10.1 Å². The molecule has 10 heteroatoms. The number of benzene rings is 1. The molecule has 0 saturated carbocycles. The van der Waals surface area contributed by atoms with E-state index in [4.69, 9.17) is 4.52 Å². The third-order valence-electron chi connectivity index (χ3n) is 5.65. The van der Waals surface area contributed by atoms with Gasteiger partial charge in [-0.2, -0.15) is 14.4 Å². The topological polar surface area (TPSA) is 106 Å². The van der Waals surface area contributed by atoms with E-state index in [1.807, 2.05) is 48.2 Å². The Bertz CT molecular complexity index is 1210. The molecular weight excluding hydrogens is 398 g/mol. The van der Waals surface area contributed by atoms with Crippen molar-refractivity contribution in [2.45, 2.75) is 13.0 Å². The van der Waals surface area contributed by atoms with E-state index in [1.165, 1.54) is 4.40 Å². The first-order valence-corrected chi connectivity index (χ1v) is 10.1. The van der Waals surface area contributed by atoms with Crippen LogP contribution in [0.3, 0.4) is 0 Å². The molecule has 0 spiro atoms. The van der Waals surface area contributed by atoms with Crippen LogP contribution in [0.2, 0.25) is 0 Å². The van der Waals surface area contributed by atoms with Crippen LogP contribution in [0.4, 0.5) is 11.6 Å². The molecule has 10 nitrogen and oxygen atoms in total. The molecule has 1 fully saturated rings. The van der Waals surface area contributed by atoms with Crippen molar-refractivity contribution in [2.75, 3.05) is 31.1 Å². The minimum absolute atomic E-state index is 0.00139. The average Bonchev–Trinajstić information content (AvgIpc) is 3.45. The van der Waals surface area contributed by atoms with Crippen LogP contribution in [0.25, 0.3) is 17.0 Å². The van der Waals surface area contributed by atoms with Gasteiger partial charge >= 0.3 is 5.82 Å². The van der Waals surface area contributed by atoms with Crippen LogP contribution in [-0.4, -0.2) is 55.5 Å². The van der Waals surface area contributed by atoms with E-state index in [-0.39, 0.29) is 16.8 Å². The van der Waals surface area contributed by atoms with Crippen molar-refractivity contribution >= 4 is 17.3 Å². The van der Waals surface area contributed by atoms with Crippen molar-refractivity contribution in [3.63, 3.8) is 0 Å². The highest BCUT2D eigenvalue weighted by molar-refractivity contribution is 5.63. The molecule has 4 heterocycles. The highest BCUT2D eigenvalue weighted by atomic mass is 16.6. The smallest absolute Gasteiger partial charge is 0.358 e. The molecule has 1 saturated heterocycles. The van der Waals surface area contributed by atoms with Crippen molar-refractivity contribution in [1.82, 2.24) is 24.4 Å². The fourth-order valence-corrected chi connectivity index (χ4v) is 3.94. The second-order valence-electron chi connectivity index (χ2n) is 7.47. The molecule has 5 rings (SSSR count). The molecule has 0 radical (unpaired) electrons. The van der Waals surface area contributed by atoms with E-state index in [1.54, 1.807) is 18.3 Å². The number of pyridine rings is 1. The molecule has 0 unspecified atom stereocenters. The number of nitro groups is 1. The molecule has 0 N–H and O–H groups in total. The van der Waals surface area contributed by atoms with Gasteiger partial charge in [0.05, 0.1) is 12.2 Å². The number of fused-ring (bicyclic) bond motifs is 1. The van der Waals surface area contributed by atoms with Gasteiger partial charge in [-0.15, -0.1) is 0 Å². The number of nitrogens with zero attached hydrogens (tertiary/aromatic N) is 7. The van der Waals surface area contributed by atoms with Crippen LogP contribution in [0.15, 0.2) is 59.3 Å². The monoisotopic (exact) mass is 419 g/mol. The summed E-state index contributed by atoms with van der Waals surface area (Å²) < 4.78 is 7.04. The van der Waals surface area contributed by atoms with E-state index in [2.05, 4.69) is 20.0 Å². The number of piperazine rings is 1. The molecule has 3 aromatic heterocycles. The Morgan fingerprint density at radius 1 is 1.03 bits per heavy atom. The van der Waals surface area contributed by atoms with Gasteiger partial charge in [-0.25, -0.2) is 0 Å². The minimum atomic E-state index is -0.367. The Morgan fingerprint density at radius 3 is 2.52 bits per heavy atom. The van der Waals surface area contributed by atoms with Gasteiger partial charge in [0.25, 0.3) is 0 Å². The van der Waals surface area contributed by atoms with Crippen molar-refractivity contribution < 1.29 is 9.45 Å². The highest BCUT2D eigenvalue weighted by Crippen LogP contribution is 2.31. The SMILES string of the molecule is C[C@H](c1nc(-c2ccccc2)no1)N1CCN(c2nc3ccccn3c2[N+](=O)[O-])CC1. The van der Waals surface area contributed by atoms with Crippen LogP contribution in [-0.2, 0) is 0 Å². The van der Waals surface area contributed by atoms with Crippen LogP contribution >= 0.6 is 0 Å². The van der Waals surface area contributed by atoms with Gasteiger partial charge in [-0.05, 0) is 17.9 Å². The summed E-state index contributed by atoms with van der Waals surface area (Å²) in [7, 11) is 0. The molecule has 1 atom stereocenters. The maximum atomic E-state index is 11.7. The standard InChI is InChI=1S/C21H21N7O3/c1-15(20-23-18(24-31-20)16-7-3-2-4-8-16)25-11-13-26(14-12-25)19-21(28(29)30)27-10-6-5-9-17(27)22-19/h2-10,15H,11-14H2,1H3/t15-/m1/s1. The Labute approximate surface area is 177 Å². The van der Waals surface area contributed by atoms with E-state index < -0.39 is 0 Å². The lowest BCUT2D eigenvalue weighted by molar-refractivity contribution is -0.389. The maximum Gasteiger partial charge on any atom is 0.372 e. The van der Waals surface area contributed by atoms with Crippen molar-refractivity contribution in [2.24, 2.45) is 0 Å². The lowest BCUT2D eigenvalue weighted by Crippen LogP contribution is -2.47. The summed E-state index contributed by atoms with van der Waals surface area (Å²) in [4.78, 5) is 24.6. The Morgan fingerprint density at radius 2 is 1.77 bits per heavy atom. The largest absolute Gasteiger partial charge is 0.372 e. The third kappa shape index (κ3) is 3.50. The first kappa shape index (κ1) is 19.2. The lowest BCUT2D eigenvalue weighted by atomic mass is 10.2. The first-order valence-electron chi connectivity index (χ1n) is 10.1. The molecule has 1 aromatic carbocycles. The highest BCUT2D eigenvalue weighted by Gasteiger charge is 2.31. The molecule has 0 bridgehead atoms. The lowest BCUT2D eigenvalue weighted by Gasteiger charge is -2.36. The normalized spacial score (nSPS) is 16.0. The fraction of sp³-hybridized carbons (Fsp3) is 0.286. The quantitative estimate of drug-likeness (QED) is 0.359. The zero-order valence-electron chi connectivity index (χ0n) is 17.0. The summed E-state index contributed by atoms with van der Waals surface area (Å²) in [5.74, 6) is 1.54. The Kier molecular flexibility index (Phi) is 4.83. The second kappa shape index (κ2) is 7.80. The number of hydrogen-bond acceptors (Lipinski definition) is 8. The average molecular weight is 419 g/mol. The minimum Gasteiger partial charge on any atom is -0.358 e. The predicted octanol–water partition coefficient (Wildman–Crippen LogP) is 3.18. The molecule has 1 aliphatic heterocycles. The number of hydrogen-bond donors (Lipinski definition) is 0. The van der Waals surface area contributed by atoms with Crippen LogP contribution < -0.4 is 4.90 Å². The van der Waals surface area contributed by atoms with E-state index >= 15 is 0 Å². The summed E-state index contributed by atoms with van der Waals surface area (Å²) in [6.45, 7) is 4.68. The summed E-state index contributed by atoms with van der Waals surface area (Å²) in [6, 6.07) is 15.0. The summed E-state index contributed by atoms with van der Waals surface area (Å²) >= 11 is 0. The molecule has 0 amide bonds. The van der Waals surface area contributed by atoms with Gasteiger partial charge in [0.15, 0.2) is 0 Å². The summed E-state index contributed by atoms with van der Waals surface area (Å²) in [5, 5.41) is 15.8. The van der Waals surface area contributed by atoms with E-state index in [0.717, 1.165) is 5.56 Å². The molecule has 0 aliphatic carbocycles. The molecule has 1 aliphatic rings. The fourth-order valence-electron chi connectivity index (χ4n) is 3.94. The van der Waals surface area contributed by atoms with Gasteiger partial charge < -0.3 is 19.5 Å². The van der Waals surface area contributed by atoms with Crippen molar-refractivity contribution in [3.8, 4) is 11.4 Å². The maximum absolute atomic E-state index is 11.7. The summed E-state index contributed by atoms with van der Waals surface area (Å²) in [5.41, 5.74) is 1.48. The zero-order chi connectivity index (χ0) is 21.4. The Hall–Kier alpha value is -3.79. The van der Waals surface area contributed by atoms with Crippen LogP contribution in [0, 0.1) is 10.1 Å². The molecular formula is C21H21N7O3. The number of imidazole rings is 1. The third-order valence-corrected chi connectivity index (χ3v) is 5.65. The number of anilines is 1. The second-order valence-corrected chi connectivity index (χ2v) is 7.47. The Balaban J connectivity index is 1.31. The molecule has 31 heavy (non-hydrogen) atoms. The summed E-state index contributed by atoms with van der Waals surface area (Å²) in [6.07, 6.45) is 1.67. The van der Waals surface area contributed by atoms with Gasteiger partial charge in [0, 0.05) is 37.8 Å². The molecule has 158 valence electrons. The van der Waals surface area contributed by atoms with Crippen molar-refractivity contribution in [1.29, 1.82) is 0 Å². The zero-order valence-corrected chi connectivity index (χ0v) is 17.0. The first-order chi connectivity index (χ1) is 15.1. The van der Waals surface area contributed by atoms with Gasteiger partial charge in [-0.1, -0.05) is 41.6 Å². The predicted molar refractivity (Wildman–Crippen MR) is 114 cm³/mol. The van der Waals surface area contributed by atoms with Gasteiger partial charge in [-0.3, -0.25) is 4.90 Å². The van der Waals surface area contributed by atoms with Crippen molar-refractivity contribution in [3.05, 3.63) is 70.7 Å². The van der Waals surface area contributed by atoms with E-state index in [0.29, 0.717) is 49.4 Å². The van der Waals surface area contributed by atoms with Crippen LogP contribution in [0.1, 0.15) is 18.9 Å². The number of aromatic nitrogens is 4.